The molecule has 0 atom stereocenters. The Balaban J connectivity index is 1.75. The van der Waals surface area contributed by atoms with E-state index < -0.39 is 17.8 Å². The van der Waals surface area contributed by atoms with Crippen LogP contribution in [-0.4, -0.2) is 32.8 Å². The molecule has 1 N–H and O–H groups in total. The van der Waals surface area contributed by atoms with E-state index in [0.29, 0.717) is 30.7 Å². The van der Waals surface area contributed by atoms with Gasteiger partial charge in [-0.05, 0) is 19.3 Å². The van der Waals surface area contributed by atoms with Crippen LogP contribution in [-0.2, 0) is 30.4 Å². The van der Waals surface area contributed by atoms with E-state index >= 15 is 0 Å². The van der Waals surface area contributed by atoms with Crippen LogP contribution in [0, 0.1) is 0 Å². The van der Waals surface area contributed by atoms with Crippen LogP contribution in [0.3, 0.4) is 0 Å². The fourth-order valence-electron chi connectivity index (χ4n) is 2.65. The van der Waals surface area contributed by atoms with E-state index in [2.05, 4.69) is 20.4 Å². The number of hydrogen-bond donors (Lipinski definition) is 1. The summed E-state index contributed by atoms with van der Waals surface area (Å²) < 4.78 is 45.0. The molecule has 0 spiro atoms. The largest absolute Gasteiger partial charge is 0.494 e. The summed E-state index contributed by atoms with van der Waals surface area (Å²) in [7, 11) is 1.45. The molecule has 2 heterocycles. The Labute approximate surface area is 134 Å². The highest BCUT2D eigenvalue weighted by Crippen LogP contribution is 2.36. The number of fused-ring (bicyclic) bond motifs is 1. The summed E-state index contributed by atoms with van der Waals surface area (Å²) in [5.41, 5.74) is -0.243. The Hall–Kier alpha value is -2.65. The van der Waals surface area contributed by atoms with Crippen molar-refractivity contribution < 1.29 is 22.7 Å². The Morgan fingerprint density at radius 3 is 2.67 bits per heavy atom. The van der Waals surface area contributed by atoms with Gasteiger partial charge in [-0.3, -0.25) is 14.8 Å². The van der Waals surface area contributed by atoms with Crippen molar-refractivity contribution in [1.82, 2.24) is 19.7 Å². The van der Waals surface area contributed by atoms with Crippen LogP contribution in [0.1, 0.15) is 23.4 Å². The molecule has 1 aliphatic carbocycles. The second-order valence-electron chi connectivity index (χ2n) is 5.28. The molecule has 128 valence electrons. The minimum absolute atomic E-state index is 0.0423. The minimum atomic E-state index is -4.52. The summed E-state index contributed by atoms with van der Waals surface area (Å²) in [6.45, 7) is -0.326. The molecule has 2 aromatic heterocycles. The van der Waals surface area contributed by atoms with Crippen molar-refractivity contribution in [3.05, 3.63) is 29.3 Å². The van der Waals surface area contributed by atoms with E-state index in [1.807, 2.05) is 0 Å². The van der Waals surface area contributed by atoms with Crippen LogP contribution in [0.15, 0.2) is 12.4 Å². The average Bonchev–Trinajstić information content (AvgIpc) is 3.11. The van der Waals surface area contributed by atoms with Crippen molar-refractivity contribution in [2.45, 2.75) is 32.0 Å². The van der Waals surface area contributed by atoms with Gasteiger partial charge in [0, 0.05) is 11.3 Å². The number of ether oxygens (including phenoxy) is 1. The van der Waals surface area contributed by atoms with Crippen LogP contribution in [0.25, 0.3) is 0 Å². The van der Waals surface area contributed by atoms with E-state index in [1.165, 1.54) is 19.5 Å². The number of rotatable bonds is 4. The molecular formula is C14H14F3N5O2. The molecule has 2 aromatic rings. The third-order valence-corrected chi connectivity index (χ3v) is 3.68. The van der Waals surface area contributed by atoms with Crippen LogP contribution in [0.5, 0.6) is 5.75 Å². The molecule has 1 amide bonds. The smallest absolute Gasteiger partial charge is 0.435 e. The van der Waals surface area contributed by atoms with Gasteiger partial charge in [-0.25, -0.2) is 9.97 Å². The van der Waals surface area contributed by atoms with Crippen molar-refractivity contribution in [2.24, 2.45) is 0 Å². The van der Waals surface area contributed by atoms with E-state index in [0.717, 1.165) is 4.68 Å². The number of alkyl halides is 3. The third kappa shape index (κ3) is 3.17. The highest BCUT2D eigenvalue weighted by molar-refractivity contribution is 5.88. The Morgan fingerprint density at radius 2 is 2.04 bits per heavy atom. The zero-order valence-electron chi connectivity index (χ0n) is 12.7. The molecule has 0 bridgehead atoms. The summed E-state index contributed by atoms with van der Waals surface area (Å²) >= 11 is 0. The molecule has 0 aromatic carbocycles. The number of aromatic nitrogens is 4. The van der Waals surface area contributed by atoms with Crippen molar-refractivity contribution in [3.8, 4) is 5.75 Å². The quantitative estimate of drug-likeness (QED) is 0.917. The lowest BCUT2D eigenvalue weighted by Gasteiger charge is -2.07. The van der Waals surface area contributed by atoms with Crippen molar-refractivity contribution in [3.63, 3.8) is 0 Å². The van der Waals surface area contributed by atoms with Gasteiger partial charge in [-0.2, -0.15) is 18.3 Å². The Bertz CT molecular complexity index is 755. The second-order valence-corrected chi connectivity index (χ2v) is 5.28. The zero-order chi connectivity index (χ0) is 17.3. The lowest BCUT2D eigenvalue weighted by molar-refractivity contribution is -0.142. The van der Waals surface area contributed by atoms with Gasteiger partial charge in [0.1, 0.15) is 6.54 Å². The maximum Gasteiger partial charge on any atom is 0.435 e. The van der Waals surface area contributed by atoms with Crippen LogP contribution >= 0.6 is 0 Å². The Kier molecular flexibility index (Phi) is 4.12. The van der Waals surface area contributed by atoms with Gasteiger partial charge in [-0.1, -0.05) is 0 Å². The van der Waals surface area contributed by atoms with E-state index in [9.17, 15) is 18.0 Å². The number of hydrogen-bond acceptors (Lipinski definition) is 5. The maximum atomic E-state index is 13.0. The van der Waals surface area contributed by atoms with Gasteiger partial charge in [-0.15, -0.1) is 0 Å². The van der Waals surface area contributed by atoms with Crippen LogP contribution in [0.2, 0.25) is 0 Å². The van der Waals surface area contributed by atoms with Crippen molar-refractivity contribution >= 4 is 11.9 Å². The molecule has 0 aliphatic heterocycles. The van der Waals surface area contributed by atoms with Gasteiger partial charge in [0.2, 0.25) is 11.9 Å². The molecule has 10 heteroatoms. The monoisotopic (exact) mass is 341 g/mol. The highest BCUT2D eigenvalue weighted by atomic mass is 19.4. The summed E-state index contributed by atoms with van der Waals surface area (Å²) in [5, 5.41) is 6.00. The van der Waals surface area contributed by atoms with Gasteiger partial charge in [0.25, 0.3) is 0 Å². The van der Waals surface area contributed by atoms with Crippen molar-refractivity contribution in [2.75, 3.05) is 12.4 Å². The zero-order valence-corrected chi connectivity index (χ0v) is 12.7. The predicted octanol–water partition coefficient (Wildman–Crippen LogP) is 1.83. The summed E-state index contributed by atoms with van der Waals surface area (Å²) in [4.78, 5) is 19.8. The average molecular weight is 341 g/mol. The summed E-state index contributed by atoms with van der Waals surface area (Å²) in [6, 6.07) is 0. The molecule has 0 fully saturated rings. The van der Waals surface area contributed by atoms with Gasteiger partial charge in [0.05, 0.1) is 19.5 Å². The molecule has 7 nitrogen and oxygen atoms in total. The van der Waals surface area contributed by atoms with Crippen molar-refractivity contribution in [1.29, 1.82) is 0 Å². The topological polar surface area (TPSA) is 81.9 Å². The minimum Gasteiger partial charge on any atom is -0.494 e. The number of nitrogens with zero attached hydrogens (tertiary/aromatic N) is 4. The lowest BCUT2D eigenvalue weighted by atomic mass is 10.2. The normalized spacial score (nSPS) is 13.7. The first-order chi connectivity index (χ1) is 11.4. The Morgan fingerprint density at radius 1 is 1.33 bits per heavy atom. The molecule has 24 heavy (non-hydrogen) atoms. The molecule has 0 unspecified atom stereocenters. The number of methoxy groups -OCH3 is 1. The van der Waals surface area contributed by atoms with E-state index in [4.69, 9.17) is 4.74 Å². The van der Waals surface area contributed by atoms with Gasteiger partial charge in [0.15, 0.2) is 11.4 Å². The highest BCUT2D eigenvalue weighted by Gasteiger charge is 2.40. The fourth-order valence-corrected chi connectivity index (χ4v) is 2.65. The number of amides is 1. The SMILES string of the molecule is COc1cnc(NC(=O)Cn2nc(C(F)(F)F)c3c2CCC3)nc1. The first-order valence-electron chi connectivity index (χ1n) is 7.20. The fraction of sp³-hybridized carbons (Fsp3) is 0.429. The van der Waals surface area contributed by atoms with E-state index in [-0.39, 0.29) is 18.1 Å². The maximum absolute atomic E-state index is 13.0. The molecule has 1 aliphatic rings. The third-order valence-electron chi connectivity index (χ3n) is 3.68. The van der Waals surface area contributed by atoms with Gasteiger partial charge >= 0.3 is 6.18 Å². The summed E-state index contributed by atoms with van der Waals surface area (Å²) in [6.07, 6.45) is -0.348. The summed E-state index contributed by atoms with van der Waals surface area (Å²) in [5.74, 6) is -0.0838. The number of anilines is 1. The van der Waals surface area contributed by atoms with E-state index in [1.54, 1.807) is 0 Å². The number of nitrogens with one attached hydrogen (secondary N) is 1. The number of halogens is 3. The number of carbonyl (C=O) groups is 1. The molecule has 0 saturated carbocycles. The number of carbonyl (C=O) groups excluding carboxylic acids is 1. The first kappa shape index (κ1) is 16.2. The first-order valence-corrected chi connectivity index (χ1v) is 7.20. The molecule has 0 radical (unpaired) electrons. The molecule has 3 rings (SSSR count). The second kappa shape index (κ2) is 6.10. The molecule has 0 saturated heterocycles. The predicted molar refractivity (Wildman–Crippen MR) is 76.5 cm³/mol. The van der Waals surface area contributed by atoms with Crippen LogP contribution in [0.4, 0.5) is 19.1 Å². The molecular weight excluding hydrogens is 327 g/mol. The van der Waals surface area contributed by atoms with Gasteiger partial charge < -0.3 is 4.74 Å². The standard InChI is InChI=1S/C14H14F3N5O2/c1-24-8-5-18-13(19-6-8)20-11(23)7-22-10-4-2-3-9(10)12(21-22)14(15,16)17/h5-6H,2-4,7H2,1H3,(H,18,19,20,23). The lowest BCUT2D eigenvalue weighted by Crippen LogP contribution is -2.22. The van der Waals surface area contributed by atoms with Crippen LogP contribution < -0.4 is 10.1 Å².